The largest absolute Gasteiger partial charge is 0.358 e. The normalized spacial score (nSPS) is 10.9. The van der Waals surface area contributed by atoms with Crippen molar-refractivity contribution in [2.45, 2.75) is 33.7 Å². The summed E-state index contributed by atoms with van der Waals surface area (Å²) < 4.78 is 0. The van der Waals surface area contributed by atoms with Crippen molar-refractivity contribution in [2.75, 3.05) is 11.9 Å². The van der Waals surface area contributed by atoms with Gasteiger partial charge in [-0.1, -0.05) is 29.8 Å². The fraction of sp³-hybridized carbons (Fsp3) is 0.231. The Bertz CT molecular complexity index is 1200. The topological polar surface area (TPSA) is 44.0 Å². The molecule has 0 aliphatic heterocycles. The Morgan fingerprint density at radius 1 is 1.00 bits per heavy atom. The first-order valence-corrected chi connectivity index (χ1v) is 11.0. The summed E-state index contributed by atoms with van der Waals surface area (Å²) in [5.41, 5.74) is 8.25. The third-order valence-corrected chi connectivity index (χ3v) is 5.90. The summed E-state index contributed by atoms with van der Waals surface area (Å²) in [6, 6.07) is 20.9. The smallest absolute Gasteiger partial charge is 0.173 e. The van der Waals surface area contributed by atoms with Crippen LogP contribution < -0.4 is 5.32 Å². The lowest BCUT2D eigenvalue weighted by Crippen LogP contribution is -2.36. The van der Waals surface area contributed by atoms with Crippen LogP contribution in [0.5, 0.6) is 0 Å². The Balaban J connectivity index is 1.56. The van der Waals surface area contributed by atoms with Gasteiger partial charge in [-0.05, 0) is 86.9 Å². The van der Waals surface area contributed by atoms with Gasteiger partial charge in [-0.3, -0.25) is 4.98 Å². The SMILES string of the molecule is Cc1cccc(NC(=S)N(CCc2c(C)[nH]c3ccc(C)cc23)Cc2ccccn2)c1. The minimum absolute atomic E-state index is 0.666. The second-order valence-electron chi connectivity index (χ2n) is 8.07. The van der Waals surface area contributed by atoms with Crippen LogP contribution in [0.3, 0.4) is 0 Å². The molecule has 0 amide bonds. The highest BCUT2D eigenvalue weighted by Crippen LogP contribution is 2.24. The maximum Gasteiger partial charge on any atom is 0.173 e. The number of hydrogen-bond acceptors (Lipinski definition) is 2. The third kappa shape index (κ3) is 5.12. The van der Waals surface area contributed by atoms with Crippen LogP contribution in [0, 0.1) is 20.8 Å². The molecule has 0 spiro atoms. The molecule has 2 N–H and O–H groups in total. The van der Waals surface area contributed by atoms with E-state index in [9.17, 15) is 0 Å². The quantitative estimate of drug-likeness (QED) is 0.374. The molecule has 4 aromatic rings. The highest BCUT2D eigenvalue weighted by Gasteiger charge is 2.15. The van der Waals surface area contributed by atoms with Gasteiger partial charge in [0.25, 0.3) is 0 Å². The number of pyridine rings is 1. The number of rotatable bonds is 6. The maximum atomic E-state index is 5.82. The Labute approximate surface area is 189 Å². The first-order chi connectivity index (χ1) is 15.0. The molecule has 0 aliphatic carbocycles. The highest BCUT2D eigenvalue weighted by atomic mass is 32.1. The standard InChI is InChI=1S/C26H28N4S/c1-18-7-6-9-21(15-18)29-26(31)30(17-22-8-4-5-13-27-22)14-12-23-20(3)28-25-11-10-19(2)16-24(23)25/h4-11,13,15-16,28H,12,14,17H2,1-3H3,(H,29,31). The van der Waals surface area contributed by atoms with Crippen LogP contribution in [0.4, 0.5) is 5.69 Å². The average molecular weight is 429 g/mol. The predicted octanol–water partition coefficient (Wildman–Crippen LogP) is 5.93. The van der Waals surface area contributed by atoms with E-state index in [2.05, 4.69) is 71.3 Å². The van der Waals surface area contributed by atoms with Crippen molar-refractivity contribution < 1.29 is 0 Å². The van der Waals surface area contributed by atoms with Crippen molar-refractivity contribution in [1.82, 2.24) is 14.9 Å². The Morgan fingerprint density at radius 3 is 2.61 bits per heavy atom. The summed E-state index contributed by atoms with van der Waals surface area (Å²) in [5, 5.41) is 5.43. The lowest BCUT2D eigenvalue weighted by Gasteiger charge is -2.26. The van der Waals surface area contributed by atoms with Crippen molar-refractivity contribution in [3.8, 4) is 0 Å². The molecule has 0 atom stereocenters. The van der Waals surface area contributed by atoms with Crippen LogP contribution in [0.2, 0.25) is 0 Å². The van der Waals surface area contributed by atoms with Crippen LogP contribution >= 0.6 is 12.2 Å². The number of H-pyrrole nitrogens is 1. The molecule has 0 radical (unpaired) electrons. The lowest BCUT2D eigenvalue weighted by atomic mass is 10.1. The van der Waals surface area contributed by atoms with Crippen LogP contribution in [-0.4, -0.2) is 26.5 Å². The number of anilines is 1. The molecule has 2 aromatic heterocycles. The van der Waals surface area contributed by atoms with E-state index in [1.165, 1.54) is 33.3 Å². The molecule has 31 heavy (non-hydrogen) atoms. The fourth-order valence-electron chi connectivity index (χ4n) is 3.93. The summed E-state index contributed by atoms with van der Waals surface area (Å²) >= 11 is 5.82. The molecule has 5 heteroatoms. The Hall–Kier alpha value is -3.18. The van der Waals surface area contributed by atoms with Gasteiger partial charge < -0.3 is 15.2 Å². The van der Waals surface area contributed by atoms with E-state index in [0.717, 1.165) is 24.3 Å². The number of nitrogens with zero attached hydrogens (tertiary/aromatic N) is 2. The monoisotopic (exact) mass is 428 g/mol. The molecular formula is C26H28N4S. The molecule has 0 saturated heterocycles. The van der Waals surface area contributed by atoms with Crippen molar-refractivity contribution in [3.05, 3.63) is 94.9 Å². The van der Waals surface area contributed by atoms with Gasteiger partial charge >= 0.3 is 0 Å². The number of aryl methyl sites for hydroxylation is 3. The first-order valence-electron chi connectivity index (χ1n) is 10.6. The summed E-state index contributed by atoms with van der Waals surface area (Å²) in [6.07, 6.45) is 2.73. The molecule has 2 aromatic carbocycles. The average Bonchev–Trinajstić information content (AvgIpc) is 3.06. The van der Waals surface area contributed by atoms with E-state index in [1.807, 2.05) is 36.5 Å². The van der Waals surface area contributed by atoms with Crippen LogP contribution in [-0.2, 0) is 13.0 Å². The molecule has 4 nitrogen and oxygen atoms in total. The van der Waals surface area contributed by atoms with Crippen molar-refractivity contribution >= 4 is 33.9 Å². The summed E-state index contributed by atoms with van der Waals surface area (Å²) in [4.78, 5) is 10.2. The van der Waals surface area contributed by atoms with E-state index in [1.54, 1.807) is 0 Å². The van der Waals surface area contributed by atoms with Crippen LogP contribution in [0.15, 0.2) is 66.9 Å². The molecule has 2 heterocycles. The van der Waals surface area contributed by atoms with Gasteiger partial charge in [-0.2, -0.15) is 0 Å². The molecular weight excluding hydrogens is 400 g/mol. The van der Waals surface area contributed by atoms with E-state index >= 15 is 0 Å². The van der Waals surface area contributed by atoms with E-state index in [0.29, 0.717) is 11.7 Å². The number of benzene rings is 2. The van der Waals surface area contributed by atoms with E-state index in [-0.39, 0.29) is 0 Å². The molecule has 158 valence electrons. The fourth-order valence-corrected chi connectivity index (χ4v) is 4.20. The molecule has 4 rings (SSSR count). The van der Waals surface area contributed by atoms with Gasteiger partial charge in [0.1, 0.15) is 0 Å². The molecule has 0 aliphatic rings. The lowest BCUT2D eigenvalue weighted by molar-refractivity contribution is 0.417. The van der Waals surface area contributed by atoms with Crippen LogP contribution in [0.25, 0.3) is 10.9 Å². The number of aromatic nitrogens is 2. The third-order valence-electron chi connectivity index (χ3n) is 5.54. The van der Waals surface area contributed by atoms with Gasteiger partial charge in [0.15, 0.2) is 5.11 Å². The number of thiocarbonyl (C=S) groups is 1. The zero-order valence-corrected chi connectivity index (χ0v) is 19.1. The van der Waals surface area contributed by atoms with E-state index < -0.39 is 0 Å². The van der Waals surface area contributed by atoms with Gasteiger partial charge in [-0.15, -0.1) is 0 Å². The number of hydrogen-bond donors (Lipinski definition) is 2. The molecule has 0 unspecified atom stereocenters. The minimum atomic E-state index is 0.666. The zero-order valence-electron chi connectivity index (χ0n) is 18.3. The number of aromatic amines is 1. The Kier molecular flexibility index (Phi) is 6.33. The van der Waals surface area contributed by atoms with Crippen LogP contribution in [0.1, 0.15) is 28.1 Å². The second-order valence-corrected chi connectivity index (χ2v) is 8.46. The summed E-state index contributed by atoms with van der Waals surface area (Å²) in [5.74, 6) is 0. The zero-order chi connectivity index (χ0) is 21.8. The van der Waals surface area contributed by atoms with Gasteiger partial charge in [0.05, 0.1) is 12.2 Å². The Morgan fingerprint density at radius 2 is 1.84 bits per heavy atom. The highest BCUT2D eigenvalue weighted by molar-refractivity contribution is 7.80. The van der Waals surface area contributed by atoms with Crippen molar-refractivity contribution in [2.24, 2.45) is 0 Å². The van der Waals surface area contributed by atoms with Crippen molar-refractivity contribution in [1.29, 1.82) is 0 Å². The van der Waals surface area contributed by atoms with Crippen molar-refractivity contribution in [3.63, 3.8) is 0 Å². The van der Waals surface area contributed by atoms with Gasteiger partial charge in [-0.25, -0.2) is 0 Å². The second kappa shape index (κ2) is 9.31. The number of nitrogens with one attached hydrogen (secondary N) is 2. The van der Waals surface area contributed by atoms with E-state index in [4.69, 9.17) is 12.2 Å². The molecule has 0 saturated carbocycles. The minimum Gasteiger partial charge on any atom is -0.358 e. The number of fused-ring (bicyclic) bond motifs is 1. The first kappa shape index (κ1) is 21.1. The summed E-state index contributed by atoms with van der Waals surface area (Å²) in [6.45, 7) is 7.84. The van der Waals surface area contributed by atoms with Gasteiger partial charge in [0.2, 0.25) is 0 Å². The van der Waals surface area contributed by atoms with Gasteiger partial charge in [0, 0.05) is 35.0 Å². The maximum absolute atomic E-state index is 5.82. The predicted molar refractivity (Wildman–Crippen MR) is 134 cm³/mol. The molecule has 0 fully saturated rings. The summed E-state index contributed by atoms with van der Waals surface area (Å²) in [7, 11) is 0. The molecule has 0 bridgehead atoms.